The predicted molar refractivity (Wildman–Crippen MR) is 42.0 cm³/mol. The maximum Gasteiger partial charge on any atom is 0.0757 e. The summed E-state index contributed by atoms with van der Waals surface area (Å²) in [6.07, 6.45) is 0.892. The third-order valence-electron chi connectivity index (χ3n) is 1.25. The third-order valence-corrected chi connectivity index (χ3v) is 2.10. The first-order chi connectivity index (χ1) is 4.70. The van der Waals surface area contributed by atoms with Crippen molar-refractivity contribution in [1.82, 2.24) is 9.59 Å². The van der Waals surface area contributed by atoms with Crippen LogP contribution in [0.3, 0.4) is 0 Å². The third kappa shape index (κ3) is 1.75. The lowest BCUT2D eigenvalue weighted by atomic mass is 10.2. The van der Waals surface area contributed by atoms with E-state index in [0.29, 0.717) is 0 Å². The van der Waals surface area contributed by atoms with E-state index in [0.717, 1.165) is 12.1 Å². The topological polar surface area (TPSA) is 51.8 Å². The zero-order chi connectivity index (χ0) is 7.56. The van der Waals surface area contributed by atoms with E-state index in [4.69, 9.17) is 5.73 Å². The van der Waals surface area contributed by atoms with E-state index in [1.54, 1.807) is 0 Å². The second-order valence-corrected chi connectivity index (χ2v) is 3.30. The highest BCUT2D eigenvalue weighted by molar-refractivity contribution is 7.05. The van der Waals surface area contributed by atoms with Crippen LogP contribution in [0.15, 0.2) is 0 Å². The van der Waals surface area contributed by atoms with Gasteiger partial charge in [-0.1, -0.05) is 4.49 Å². The summed E-state index contributed by atoms with van der Waals surface area (Å²) in [6, 6.07) is 0.209. The molecule has 56 valence electrons. The van der Waals surface area contributed by atoms with Crippen molar-refractivity contribution in [2.45, 2.75) is 26.3 Å². The molecule has 0 aliphatic heterocycles. The average molecular weight is 157 g/mol. The SMILES string of the molecule is Cc1nnsc1CC(C)N. The van der Waals surface area contributed by atoms with Gasteiger partial charge in [0.1, 0.15) is 0 Å². The Balaban J connectivity index is 2.65. The minimum absolute atomic E-state index is 0.209. The Hall–Kier alpha value is -0.480. The molecule has 0 spiro atoms. The van der Waals surface area contributed by atoms with Gasteiger partial charge in [-0.3, -0.25) is 0 Å². The Morgan fingerprint density at radius 3 is 2.80 bits per heavy atom. The Morgan fingerprint density at radius 2 is 2.40 bits per heavy atom. The van der Waals surface area contributed by atoms with Gasteiger partial charge < -0.3 is 5.73 Å². The molecule has 3 nitrogen and oxygen atoms in total. The lowest BCUT2D eigenvalue weighted by Crippen LogP contribution is -2.17. The average Bonchev–Trinajstić information content (AvgIpc) is 2.15. The lowest BCUT2D eigenvalue weighted by molar-refractivity contribution is 0.741. The molecule has 2 N–H and O–H groups in total. The number of rotatable bonds is 2. The summed E-state index contributed by atoms with van der Waals surface area (Å²) in [5, 5.41) is 3.88. The van der Waals surface area contributed by atoms with Gasteiger partial charge in [0.15, 0.2) is 0 Å². The number of nitrogens with zero attached hydrogens (tertiary/aromatic N) is 2. The Bertz CT molecular complexity index is 207. The van der Waals surface area contributed by atoms with E-state index in [2.05, 4.69) is 9.59 Å². The van der Waals surface area contributed by atoms with Gasteiger partial charge in [0, 0.05) is 12.5 Å². The molecule has 0 aromatic carbocycles. The second kappa shape index (κ2) is 3.07. The molecule has 1 rings (SSSR count). The van der Waals surface area contributed by atoms with E-state index in [1.165, 1.54) is 16.4 Å². The van der Waals surface area contributed by atoms with Crippen molar-refractivity contribution in [2.24, 2.45) is 5.73 Å². The summed E-state index contributed by atoms with van der Waals surface area (Å²) in [4.78, 5) is 1.20. The summed E-state index contributed by atoms with van der Waals surface area (Å²) in [6.45, 7) is 3.94. The molecular formula is C6H11N3S. The summed E-state index contributed by atoms with van der Waals surface area (Å²) < 4.78 is 3.81. The first-order valence-corrected chi connectivity index (χ1v) is 4.01. The molecule has 10 heavy (non-hydrogen) atoms. The number of nitrogens with two attached hydrogens (primary N) is 1. The fourth-order valence-electron chi connectivity index (χ4n) is 0.730. The van der Waals surface area contributed by atoms with Crippen molar-refractivity contribution in [3.05, 3.63) is 10.6 Å². The summed E-state index contributed by atoms with van der Waals surface area (Å²) in [7, 11) is 0. The molecule has 4 heteroatoms. The van der Waals surface area contributed by atoms with Gasteiger partial charge in [-0.25, -0.2) is 0 Å². The van der Waals surface area contributed by atoms with Gasteiger partial charge in [-0.05, 0) is 25.4 Å². The zero-order valence-corrected chi connectivity index (χ0v) is 6.98. The molecule has 0 saturated heterocycles. The standard InChI is InChI=1S/C6H11N3S/c1-4(7)3-6-5(2)8-9-10-6/h4H,3,7H2,1-2H3. The van der Waals surface area contributed by atoms with E-state index in [9.17, 15) is 0 Å². The summed E-state index contributed by atoms with van der Waals surface area (Å²) in [5.74, 6) is 0. The van der Waals surface area contributed by atoms with Crippen LogP contribution in [0.25, 0.3) is 0 Å². The van der Waals surface area contributed by atoms with Crippen molar-refractivity contribution in [3.8, 4) is 0 Å². The quantitative estimate of drug-likeness (QED) is 0.688. The maximum atomic E-state index is 5.60. The molecule has 0 fully saturated rings. The van der Waals surface area contributed by atoms with Crippen LogP contribution in [-0.2, 0) is 6.42 Å². The van der Waals surface area contributed by atoms with Crippen molar-refractivity contribution in [1.29, 1.82) is 0 Å². The van der Waals surface area contributed by atoms with Crippen molar-refractivity contribution >= 4 is 11.5 Å². The molecule has 0 amide bonds. The maximum absolute atomic E-state index is 5.60. The molecule has 0 aliphatic carbocycles. The number of aryl methyl sites for hydroxylation is 1. The van der Waals surface area contributed by atoms with Crippen molar-refractivity contribution in [3.63, 3.8) is 0 Å². The van der Waals surface area contributed by atoms with Crippen molar-refractivity contribution < 1.29 is 0 Å². The van der Waals surface area contributed by atoms with Crippen LogP contribution >= 0.6 is 11.5 Å². The van der Waals surface area contributed by atoms with Crippen LogP contribution in [-0.4, -0.2) is 15.6 Å². The Kier molecular flexibility index (Phi) is 2.34. The highest BCUT2D eigenvalue weighted by atomic mass is 32.1. The van der Waals surface area contributed by atoms with Crippen LogP contribution < -0.4 is 5.73 Å². The molecule has 1 aromatic rings. The number of aromatic nitrogens is 2. The van der Waals surface area contributed by atoms with E-state index in [-0.39, 0.29) is 6.04 Å². The zero-order valence-electron chi connectivity index (χ0n) is 6.16. The van der Waals surface area contributed by atoms with Gasteiger partial charge in [-0.2, -0.15) is 0 Å². The predicted octanol–water partition coefficient (Wildman–Crippen LogP) is 0.736. The molecule has 1 atom stereocenters. The van der Waals surface area contributed by atoms with E-state index < -0.39 is 0 Å². The Morgan fingerprint density at radius 1 is 1.70 bits per heavy atom. The van der Waals surface area contributed by atoms with E-state index in [1.807, 2.05) is 13.8 Å². The Labute approximate surface area is 64.4 Å². The fraction of sp³-hybridized carbons (Fsp3) is 0.667. The molecule has 1 aromatic heterocycles. The van der Waals surface area contributed by atoms with Gasteiger partial charge >= 0.3 is 0 Å². The van der Waals surface area contributed by atoms with Gasteiger partial charge in [0.25, 0.3) is 0 Å². The van der Waals surface area contributed by atoms with Crippen LogP contribution in [0.5, 0.6) is 0 Å². The second-order valence-electron chi connectivity index (χ2n) is 2.46. The van der Waals surface area contributed by atoms with E-state index >= 15 is 0 Å². The smallest absolute Gasteiger partial charge is 0.0757 e. The molecule has 1 heterocycles. The van der Waals surface area contributed by atoms with Gasteiger partial charge in [0.05, 0.1) is 10.6 Å². The van der Waals surface area contributed by atoms with Crippen LogP contribution in [0.1, 0.15) is 17.5 Å². The molecule has 0 bridgehead atoms. The molecule has 0 saturated carbocycles. The molecule has 1 unspecified atom stereocenters. The summed E-state index contributed by atoms with van der Waals surface area (Å²) >= 11 is 1.44. The van der Waals surface area contributed by atoms with Gasteiger partial charge in [0.2, 0.25) is 0 Å². The normalized spacial score (nSPS) is 13.5. The largest absolute Gasteiger partial charge is 0.328 e. The minimum Gasteiger partial charge on any atom is -0.328 e. The first kappa shape index (κ1) is 7.63. The highest BCUT2D eigenvalue weighted by Crippen LogP contribution is 2.10. The number of hydrogen-bond donors (Lipinski definition) is 1. The molecule has 0 radical (unpaired) electrons. The van der Waals surface area contributed by atoms with Crippen LogP contribution in [0, 0.1) is 6.92 Å². The van der Waals surface area contributed by atoms with Crippen LogP contribution in [0.2, 0.25) is 0 Å². The first-order valence-electron chi connectivity index (χ1n) is 3.23. The fourth-order valence-corrected chi connectivity index (χ4v) is 1.50. The monoisotopic (exact) mass is 157 g/mol. The highest BCUT2D eigenvalue weighted by Gasteiger charge is 2.04. The van der Waals surface area contributed by atoms with Gasteiger partial charge in [-0.15, -0.1) is 5.10 Å². The summed E-state index contributed by atoms with van der Waals surface area (Å²) in [5.41, 5.74) is 6.62. The lowest BCUT2D eigenvalue weighted by Gasteiger charge is -1.99. The number of hydrogen-bond acceptors (Lipinski definition) is 4. The molecular weight excluding hydrogens is 146 g/mol. The molecule has 0 aliphatic rings. The van der Waals surface area contributed by atoms with Crippen LogP contribution in [0.4, 0.5) is 0 Å². The van der Waals surface area contributed by atoms with Crippen molar-refractivity contribution in [2.75, 3.05) is 0 Å². The minimum atomic E-state index is 0.209.